The predicted molar refractivity (Wildman–Crippen MR) is 158 cm³/mol. The predicted octanol–water partition coefficient (Wildman–Crippen LogP) is 5.95. The molecule has 10 nitrogen and oxygen atoms in total. The number of hydrogen-bond donors (Lipinski definition) is 2. The fourth-order valence-corrected chi connectivity index (χ4v) is 4.60. The maximum atomic E-state index is 13.2. The Hall–Kier alpha value is -4.21. The molecule has 2 atom stereocenters. The summed E-state index contributed by atoms with van der Waals surface area (Å²) in [5.74, 6) is -0.0109. The van der Waals surface area contributed by atoms with E-state index in [0.717, 1.165) is 10.8 Å². The van der Waals surface area contributed by atoms with Crippen LogP contribution >= 0.6 is 0 Å². The van der Waals surface area contributed by atoms with Crippen LogP contribution in [0.5, 0.6) is 0 Å². The number of amides is 2. The van der Waals surface area contributed by atoms with Gasteiger partial charge in [0.15, 0.2) is 0 Å². The molecule has 41 heavy (non-hydrogen) atoms. The molecule has 1 aliphatic rings. The van der Waals surface area contributed by atoms with Gasteiger partial charge in [-0.1, -0.05) is 18.2 Å². The zero-order valence-corrected chi connectivity index (χ0v) is 24.6. The second kappa shape index (κ2) is 12.5. The average Bonchev–Trinajstić information content (AvgIpc) is 2.92. The zero-order valence-electron chi connectivity index (χ0n) is 24.6. The van der Waals surface area contributed by atoms with E-state index in [1.807, 2.05) is 46.8 Å². The van der Waals surface area contributed by atoms with Crippen LogP contribution in [0.4, 0.5) is 16.4 Å². The van der Waals surface area contributed by atoms with Crippen LogP contribution in [0.15, 0.2) is 48.7 Å². The van der Waals surface area contributed by atoms with Crippen LogP contribution < -0.4 is 10.6 Å². The van der Waals surface area contributed by atoms with Crippen LogP contribution in [0, 0.1) is 5.92 Å². The molecule has 2 aromatic heterocycles. The lowest BCUT2D eigenvalue weighted by atomic mass is 9.97. The van der Waals surface area contributed by atoms with Gasteiger partial charge in [-0.2, -0.15) is 0 Å². The second-order valence-corrected chi connectivity index (χ2v) is 11.7. The standard InChI is InChI=1S/C31H39N5O5/c1-19(2)33-27-24-16-26(35-28(37)22-13-10-14-36(18-22)30(39)41-31(4,5)6)32-17-23(24)15-25(34-27)20(3)40-29(38)21-11-8-7-9-12-21/h7-9,11-12,15-17,19-20,22H,10,13-14,18H2,1-6H3,(H,33,34)(H,32,35,37)/t20?,22-/m1/s1. The van der Waals surface area contributed by atoms with Crippen LogP contribution in [-0.4, -0.2) is 57.6 Å². The number of anilines is 2. The summed E-state index contributed by atoms with van der Waals surface area (Å²) in [6, 6.07) is 12.5. The van der Waals surface area contributed by atoms with Crippen molar-refractivity contribution < 1.29 is 23.9 Å². The van der Waals surface area contributed by atoms with E-state index in [-0.39, 0.29) is 17.9 Å². The van der Waals surface area contributed by atoms with Crippen molar-refractivity contribution in [1.29, 1.82) is 0 Å². The molecular formula is C31H39N5O5. The Morgan fingerprint density at radius 1 is 1.07 bits per heavy atom. The van der Waals surface area contributed by atoms with Crippen molar-refractivity contribution in [2.75, 3.05) is 23.7 Å². The highest BCUT2D eigenvalue weighted by Crippen LogP contribution is 2.29. The number of esters is 1. The van der Waals surface area contributed by atoms with Gasteiger partial charge >= 0.3 is 12.1 Å². The molecule has 4 rings (SSSR count). The molecule has 2 N–H and O–H groups in total. The average molecular weight is 562 g/mol. The highest BCUT2D eigenvalue weighted by Gasteiger charge is 2.31. The van der Waals surface area contributed by atoms with Gasteiger partial charge in [0.05, 0.1) is 17.2 Å². The molecule has 218 valence electrons. The van der Waals surface area contributed by atoms with E-state index < -0.39 is 23.8 Å². The molecule has 10 heteroatoms. The molecule has 1 fully saturated rings. The Labute approximate surface area is 240 Å². The second-order valence-electron chi connectivity index (χ2n) is 11.7. The lowest BCUT2D eigenvalue weighted by Crippen LogP contribution is -2.45. The number of rotatable bonds is 7. The lowest BCUT2D eigenvalue weighted by molar-refractivity contribution is -0.121. The fraction of sp³-hybridized carbons (Fsp3) is 0.452. The molecule has 2 amide bonds. The van der Waals surface area contributed by atoms with E-state index in [1.165, 1.54) is 0 Å². The minimum Gasteiger partial charge on any atom is -0.453 e. The maximum Gasteiger partial charge on any atom is 0.410 e. The SMILES string of the molecule is CC(C)Nc1nc(C(C)OC(=O)c2ccccc2)cc2cnc(NC(=O)[C@@H]3CCCN(C(=O)OC(C)(C)C)C3)cc12. The number of piperidine rings is 1. The zero-order chi connectivity index (χ0) is 29.7. The van der Waals surface area contributed by atoms with Gasteiger partial charge in [0.25, 0.3) is 0 Å². The number of likely N-dealkylation sites (tertiary alicyclic amines) is 1. The molecule has 1 unspecified atom stereocenters. The van der Waals surface area contributed by atoms with E-state index in [2.05, 4.69) is 15.6 Å². The number of nitrogens with zero attached hydrogens (tertiary/aromatic N) is 3. The summed E-state index contributed by atoms with van der Waals surface area (Å²) in [6.45, 7) is 12.1. The molecule has 0 spiro atoms. The Bertz CT molecular complexity index is 1400. The van der Waals surface area contributed by atoms with Crippen molar-refractivity contribution in [3.63, 3.8) is 0 Å². The molecule has 0 radical (unpaired) electrons. The summed E-state index contributed by atoms with van der Waals surface area (Å²) >= 11 is 0. The smallest absolute Gasteiger partial charge is 0.410 e. The van der Waals surface area contributed by atoms with Gasteiger partial charge in [-0.05, 0) is 78.6 Å². The van der Waals surface area contributed by atoms with Crippen molar-refractivity contribution in [2.24, 2.45) is 5.92 Å². The quantitative estimate of drug-likeness (QED) is 0.339. The minimum atomic E-state index is -0.599. The van der Waals surface area contributed by atoms with Gasteiger partial charge < -0.3 is 25.0 Å². The third kappa shape index (κ3) is 7.93. The summed E-state index contributed by atoms with van der Waals surface area (Å²) in [4.78, 5) is 49.1. The van der Waals surface area contributed by atoms with E-state index in [1.54, 1.807) is 48.4 Å². The van der Waals surface area contributed by atoms with Crippen LogP contribution in [-0.2, 0) is 14.3 Å². The Balaban J connectivity index is 1.51. The third-order valence-electron chi connectivity index (χ3n) is 6.56. The summed E-state index contributed by atoms with van der Waals surface area (Å²) in [5, 5.41) is 7.83. The maximum absolute atomic E-state index is 13.2. The molecule has 0 saturated carbocycles. The summed E-state index contributed by atoms with van der Waals surface area (Å²) in [7, 11) is 0. The van der Waals surface area contributed by atoms with Crippen LogP contribution in [0.2, 0.25) is 0 Å². The molecule has 0 bridgehead atoms. The summed E-state index contributed by atoms with van der Waals surface area (Å²) < 4.78 is 11.2. The molecule has 1 saturated heterocycles. The van der Waals surface area contributed by atoms with Crippen molar-refractivity contribution in [1.82, 2.24) is 14.9 Å². The van der Waals surface area contributed by atoms with Crippen molar-refractivity contribution in [3.05, 3.63) is 59.9 Å². The number of carbonyl (C=O) groups excluding carboxylic acids is 3. The number of ether oxygens (including phenoxy) is 2. The van der Waals surface area contributed by atoms with Gasteiger partial charge in [0.2, 0.25) is 5.91 Å². The highest BCUT2D eigenvalue weighted by molar-refractivity contribution is 5.97. The van der Waals surface area contributed by atoms with E-state index in [0.29, 0.717) is 48.8 Å². The van der Waals surface area contributed by atoms with Crippen molar-refractivity contribution >= 4 is 40.4 Å². The number of fused-ring (bicyclic) bond motifs is 1. The third-order valence-corrected chi connectivity index (χ3v) is 6.56. The van der Waals surface area contributed by atoms with E-state index in [9.17, 15) is 14.4 Å². The normalized spacial score (nSPS) is 16.3. The Kier molecular flexibility index (Phi) is 9.10. The molecule has 0 aliphatic carbocycles. The largest absolute Gasteiger partial charge is 0.453 e. The monoisotopic (exact) mass is 561 g/mol. The summed E-state index contributed by atoms with van der Waals surface area (Å²) in [6.07, 6.45) is 2.04. The first-order valence-corrected chi connectivity index (χ1v) is 14.0. The van der Waals surface area contributed by atoms with Gasteiger partial charge in [-0.3, -0.25) is 4.79 Å². The van der Waals surface area contributed by atoms with Crippen LogP contribution in [0.25, 0.3) is 10.8 Å². The molecule has 3 aromatic rings. The number of aromatic nitrogens is 2. The van der Waals surface area contributed by atoms with Crippen molar-refractivity contribution in [3.8, 4) is 0 Å². The summed E-state index contributed by atoms with van der Waals surface area (Å²) in [5.41, 5.74) is 0.445. The van der Waals surface area contributed by atoms with Gasteiger partial charge in [0.1, 0.15) is 23.3 Å². The Morgan fingerprint density at radius 2 is 1.80 bits per heavy atom. The first-order valence-electron chi connectivity index (χ1n) is 14.0. The molecule has 1 aliphatic heterocycles. The lowest BCUT2D eigenvalue weighted by Gasteiger charge is -2.33. The first kappa shape index (κ1) is 29.8. The van der Waals surface area contributed by atoms with Gasteiger partial charge in [-0.15, -0.1) is 0 Å². The molecule has 3 heterocycles. The number of benzene rings is 1. The fourth-order valence-electron chi connectivity index (χ4n) is 4.60. The number of hydrogen-bond acceptors (Lipinski definition) is 8. The highest BCUT2D eigenvalue weighted by atomic mass is 16.6. The van der Waals surface area contributed by atoms with Crippen LogP contribution in [0.1, 0.15) is 76.5 Å². The number of nitrogens with one attached hydrogen (secondary N) is 2. The van der Waals surface area contributed by atoms with E-state index in [4.69, 9.17) is 14.5 Å². The molecule has 1 aromatic carbocycles. The van der Waals surface area contributed by atoms with Crippen molar-refractivity contribution in [2.45, 2.75) is 72.1 Å². The molecular weight excluding hydrogens is 522 g/mol. The van der Waals surface area contributed by atoms with Gasteiger partial charge in [-0.25, -0.2) is 19.6 Å². The Morgan fingerprint density at radius 3 is 2.49 bits per heavy atom. The van der Waals surface area contributed by atoms with Gasteiger partial charge in [0, 0.05) is 36.1 Å². The van der Waals surface area contributed by atoms with E-state index >= 15 is 0 Å². The topological polar surface area (TPSA) is 123 Å². The van der Waals surface area contributed by atoms with Crippen LogP contribution in [0.3, 0.4) is 0 Å². The number of carbonyl (C=O) groups is 3. The minimum absolute atomic E-state index is 0.0791. The first-order chi connectivity index (χ1) is 19.4. The number of pyridine rings is 2.